The van der Waals surface area contributed by atoms with Crippen LogP contribution >= 0.6 is 0 Å². The molecule has 2 aromatic carbocycles. The molecule has 1 amide bonds. The number of benzene rings is 2. The van der Waals surface area contributed by atoms with Crippen LogP contribution < -0.4 is 9.64 Å². The number of carbonyl (C=O) groups excluding carboxylic acids is 2. The third-order valence-electron chi connectivity index (χ3n) is 4.33. The Hall–Kier alpha value is -2.69. The number of halogens is 1. The van der Waals surface area contributed by atoms with Gasteiger partial charge in [-0.25, -0.2) is 4.39 Å². The summed E-state index contributed by atoms with van der Waals surface area (Å²) in [6.07, 6.45) is 2.01. The van der Waals surface area contributed by atoms with Crippen molar-refractivity contribution in [2.24, 2.45) is 0 Å². The Bertz CT molecular complexity index is 786. The highest BCUT2D eigenvalue weighted by Gasteiger charge is 2.25. The van der Waals surface area contributed by atoms with Crippen LogP contribution in [-0.4, -0.2) is 24.8 Å². The average molecular weight is 341 g/mol. The summed E-state index contributed by atoms with van der Waals surface area (Å²) >= 11 is 0. The third kappa shape index (κ3) is 3.71. The van der Waals surface area contributed by atoms with Crippen LogP contribution in [0.3, 0.4) is 0 Å². The van der Waals surface area contributed by atoms with Crippen molar-refractivity contribution in [2.45, 2.75) is 26.2 Å². The van der Waals surface area contributed by atoms with Crippen LogP contribution in [0.4, 0.5) is 10.1 Å². The standard InChI is InChI=1S/C20H20FNO3/c1-2-18(23)14-8-10-16(11-9-14)25-13-19(24)22-12-4-6-15-5-3-7-17(21)20(15)22/h3,5,7-11H,2,4,6,12-13H2,1H3. The first kappa shape index (κ1) is 17.1. The molecule has 0 radical (unpaired) electrons. The summed E-state index contributed by atoms with van der Waals surface area (Å²) in [6, 6.07) is 11.6. The molecule has 4 nitrogen and oxygen atoms in total. The molecule has 0 saturated carbocycles. The highest BCUT2D eigenvalue weighted by molar-refractivity contribution is 5.96. The fourth-order valence-corrected chi connectivity index (χ4v) is 3.02. The van der Waals surface area contributed by atoms with Gasteiger partial charge in [0.15, 0.2) is 12.4 Å². The summed E-state index contributed by atoms with van der Waals surface area (Å²) in [5, 5.41) is 0. The summed E-state index contributed by atoms with van der Waals surface area (Å²) in [4.78, 5) is 25.6. The van der Waals surface area contributed by atoms with E-state index in [0.29, 0.717) is 30.0 Å². The van der Waals surface area contributed by atoms with Crippen LogP contribution in [-0.2, 0) is 11.2 Å². The number of nitrogens with zero attached hydrogens (tertiary/aromatic N) is 1. The van der Waals surface area contributed by atoms with Crippen LogP contribution in [0.25, 0.3) is 0 Å². The van der Waals surface area contributed by atoms with E-state index in [9.17, 15) is 14.0 Å². The van der Waals surface area contributed by atoms with Gasteiger partial charge in [-0.05, 0) is 48.7 Å². The Labute approximate surface area is 146 Å². The van der Waals surface area contributed by atoms with Crippen LogP contribution in [0.5, 0.6) is 5.75 Å². The lowest BCUT2D eigenvalue weighted by molar-refractivity contribution is -0.120. The molecule has 2 aromatic rings. The summed E-state index contributed by atoms with van der Waals surface area (Å²) in [7, 11) is 0. The number of Topliss-reactive ketones (excluding diaryl/α,β-unsaturated/α-hetero) is 1. The van der Waals surface area contributed by atoms with Gasteiger partial charge < -0.3 is 9.64 Å². The molecule has 5 heteroatoms. The quantitative estimate of drug-likeness (QED) is 0.778. The van der Waals surface area contributed by atoms with Crippen LogP contribution in [0, 0.1) is 5.82 Å². The second-order valence-corrected chi connectivity index (χ2v) is 5.99. The van der Waals surface area contributed by atoms with Crippen LogP contribution in [0.15, 0.2) is 42.5 Å². The number of hydrogen-bond donors (Lipinski definition) is 0. The minimum Gasteiger partial charge on any atom is -0.484 e. The molecule has 0 aromatic heterocycles. The molecule has 1 heterocycles. The van der Waals surface area contributed by atoms with Crippen LogP contribution in [0.1, 0.15) is 35.7 Å². The van der Waals surface area contributed by atoms with Gasteiger partial charge in [0.2, 0.25) is 0 Å². The maximum absolute atomic E-state index is 14.1. The van der Waals surface area contributed by atoms with E-state index in [1.54, 1.807) is 37.3 Å². The van der Waals surface area contributed by atoms with E-state index >= 15 is 0 Å². The van der Waals surface area contributed by atoms with Gasteiger partial charge in [0, 0.05) is 18.5 Å². The fourth-order valence-electron chi connectivity index (χ4n) is 3.02. The van der Waals surface area contributed by atoms with Crippen molar-refractivity contribution in [1.29, 1.82) is 0 Å². The molecular formula is C20H20FNO3. The number of carbonyl (C=O) groups is 2. The van der Waals surface area contributed by atoms with Crippen molar-refractivity contribution in [3.8, 4) is 5.75 Å². The number of aryl methyl sites for hydroxylation is 1. The minimum absolute atomic E-state index is 0.0584. The number of amides is 1. The van der Waals surface area contributed by atoms with Gasteiger partial charge in [-0.15, -0.1) is 0 Å². The topological polar surface area (TPSA) is 46.6 Å². The maximum Gasteiger partial charge on any atom is 0.265 e. The molecule has 0 fully saturated rings. The van der Waals surface area contributed by atoms with Gasteiger partial charge in [0.25, 0.3) is 5.91 Å². The largest absolute Gasteiger partial charge is 0.484 e. The smallest absolute Gasteiger partial charge is 0.265 e. The zero-order valence-electron chi connectivity index (χ0n) is 14.1. The third-order valence-corrected chi connectivity index (χ3v) is 4.33. The summed E-state index contributed by atoms with van der Waals surface area (Å²) in [5.41, 5.74) is 1.83. The molecule has 0 bridgehead atoms. The molecule has 0 atom stereocenters. The van der Waals surface area contributed by atoms with Crippen LogP contribution in [0.2, 0.25) is 0 Å². The van der Waals surface area contributed by atoms with Gasteiger partial charge in [-0.3, -0.25) is 9.59 Å². The molecule has 3 rings (SSSR count). The second kappa shape index (κ2) is 7.47. The van der Waals surface area contributed by atoms with E-state index in [1.165, 1.54) is 11.0 Å². The predicted octanol–water partition coefficient (Wildman–Crippen LogP) is 3.78. The number of hydrogen-bond acceptors (Lipinski definition) is 3. The molecule has 25 heavy (non-hydrogen) atoms. The predicted molar refractivity (Wildman–Crippen MR) is 93.6 cm³/mol. The zero-order chi connectivity index (χ0) is 17.8. The van der Waals surface area contributed by atoms with E-state index in [1.807, 2.05) is 6.07 Å². The van der Waals surface area contributed by atoms with E-state index < -0.39 is 0 Å². The zero-order valence-corrected chi connectivity index (χ0v) is 14.1. The van der Waals surface area contributed by atoms with Crippen molar-refractivity contribution in [3.05, 3.63) is 59.4 Å². The SMILES string of the molecule is CCC(=O)c1ccc(OCC(=O)N2CCCc3cccc(F)c32)cc1. The molecule has 1 aliphatic rings. The molecule has 0 N–H and O–H groups in total. The number of ketones is 1. The molecule has 130 valence electrons. The van der Waals surface area contributed by atoms with E-state index in [4.69, 9.17) is 4.74 Å². The van der Waals surface area contributed by atoms with Gasteiger partial charge in [-0.1, -0.05) is 19.1 Å². The van der Waals surface area contributed by atoms with Crippen molar-refractivity contribution >= 4 is 17.4 Å². The highest BCUT2D eigenvalue weighted by atomic mass is 19.1. The summed E-state index contributed by atoms with van der Waals surface area (Å²) in [5.74, 6) is -0.0949. The second-order valence-electron chi connectivity index (χ2n) is 5.99. The summed E-state index contributed by atoms with van der Waals surface area (Å²) < 4.78 is 19.7. The number of anilines is 1. The van der Waals surface area contributed by atoms with Gasteiger partial charge in [-0.2, -0.15) is 0 Å². The Morgan fingerprint density at radius 2 is 1.92 bits per heavy atom. The lowest BCUT2D eigenvalue weighted by Gasteiger charge is -2.29. The van der Waals surface area contributed by atoms with Crippen molar-refractivity contribution in [1.82, 2.24) is 0 Å². The maximum atomic E-state index is 14.1. The minimum atomic E-state index is -0.381. The summed E-state index contributed by atoms with van der Waals surface area (Å²) in [6.45, 7) is 2.12. The Balaban J connectivity index is 1.67. The number of para-hydroxylation sites is 1. The molecule has 0 spiro atoms. The van der Waals surface area contributed by atoms with Crippen molar-refractivity contribution in [2.75, 3.05) is 18.1 Å². The Morgan fingerprint density at radius 1 is 1.16 bits per heavy atom. The van der Waals surface area contributed by atoms with E-state index in [0.717, 1.165) is 18.4 Å². The number of fused-ring (bicyclic) bond motifs is 1. The number of ether oxygens (including phenoxy) is 1. The van der Waals surface area contributed by atoms with E-state index in [2.05, 4.69) is 0 Å². The normalized spacial score (nSPS) is 13.3. The molecule has 0 unspecified atom stereocenters. The molecule has 0 saturated heterocycles. The number of rotatable bonds is 5. The van der Waals surface area contributed by atoms with Gasteiger partial charge in [0.1, 0.15) is 11.6 Å². The molecular weight excluding hydrogens is 321 g/mol. The first-order chi connectivity index (χ1) is 12.1. The van der Waals surface area contributed by atoms with Crippen molar-refractivity contribution in [3.63, 3.8) is 0 Å². The van der Waals surface area contributed by atoms with Gasteiger partial charge >= 0.3 is 0 Å². The average Bonchev–Trinajstić information content (AvgIpc) is 2.65. The van der Waals surface area contributed by atoms with Gasteiger partial charge in [0.05, 0.1) is 5.69 Å². The fraction of sp³-hybridized carbons (Fsp3) is 0.300. The monoisotopic (exact) mass is 341 g/mol. The lowest BCUT2D eigenvalue weighted by atomic mass is 10.0. The Kier molecular flexibility index (Phi) is 5.12. The lowest BCUT2D eigenvalue weighted by Crippen LogP contribution is -2.39. The Morgan fingerprint density at radius 3 is 2.64 bits per heavy atom. The first-order valence-electron chi connectivity index (χ1n) is 8.44. The molecule has 1 aliphatic heterocycles. The van der Waals surface area contributed by atoms with E-state index in [-0.39, 0.29) is 24.1 Å². The highest BCUT2D eigenvalue weighted by Crippen LogP contribution is 2.30. The molecule has 0 aliphatic carbocycles. The first-order valence-corrected chi connectivity index (χ1v) is 8.44. The van der Waals surface area contributed by atoms with Crippen molar-refractivity contribution < 1.29 is 18.7 Å².